The first kappa shape index (κ1) is 13.3. The summed E-state index contributed by atoms with van der Waals surface area (Å²) in [6.07, 6.45) is 2.48. The highest BCUT2D eigenvalue weighted by Crippen LogP contribution is 2.18. The van der Waals surface area contributed by atoms with Gasteiger partial charge < -0.3 is 19.9 Å². The number of methoxy groups -OCH3 is 1. The van der Waals surface area contributed by atoms with Crippen LogP contribution in [0, 0.1) is 0 Å². The minimum absolute atomic E-state index is 0.124. The van der Waals surface area contributed by atoms with E-state index in [0.29, 0.717) is 13.2 Å². The summed E-state index contributed by atoms with van der Waals surface area (Å²) in [6.45, 7) is 2.00. The molecule has 0 amide bonds. The van der Waals surface area contributed by atoms with Crippen LogP contribution in [0.1, 0.15) is 24.4 Å². The van der Waals surface area contributed by atoms with E-state index in [4.69, 9.17) is 19.9 Å². The van der Waals surface area contributed by atoms with E-state index in [1.165, 1.54) is 0 Å². The lowest BCUT2D eigenvalue weighted by atomic mass is 10.1. The fourth-order valence-corrected chi connectivity index (χ4v) is 2.07. The van der Waals surface area contributed by atoms with Crippen LogP contribution in [0.2, 0.25) is 0 Å². The fraction of sp³-hybridized carbons (Fsp3) is 0.571. The molecule has 1 fully saturated rings. The fourth-order valence-electron chi connectivity index (χ4n) is 2.07. The minimum atomic E-state index is -0.124. The van der Waals surface area contributed by atoms with Crippen molar-refractivity contribution in [1.82, 2.24) is 0 Å². The van der Waals surface area contributed by atoms with E-state index in [-0.39, 0.29) is 12.1 Å². The van der Waals surface area contributed by atoms with E-state index in [0.717, 1.165) is 30.8 Å². The molecule has 4 nitrogen and oxygen atoms in total. The number of nitrogens with two attached hydrogens (primary N) is 1. The zero-order valence-electron chi connectivity index (χ0n) is 10.8. The third-order valence-electron chi connectivity index (χ3n) is 3.15. The summed E-state index contributed by atoms with van der Waals surface area (Å²) in [5.74, 6) is 0.821. The van der Waals surface area contributed by atoms with Crippen LogP contribution < -0.4 is 10.5 Å². The molecule has 1 aliphatic rings. The van der Waals surface area contributed by atoms with Crippen molar-refractivity contribution < 1.29 is 14.2 Å². The highest BCUT2D eigenvalue weighted by molar-refractivity contribution is 5.30. The Bertz CT molecular complexity index is 364. The first-order valence-electron chi connectivity index (χ1n) is 6.38. The van der Waals surface area contributed by atoms with Crippen molar-refractivity contribution in [3.8, 4) is 5.75 Å². The highest BCUT2D eigenvalue weighted by atomic mass is 16.5. The minimum Gasteiger partial charge on any atom is -0.497 e. The summed E-state index contributed by atoms with van der Waals surface area (Å²) in [5.41, 5.74) is 7.11. The summed E-state index contributed by atoms with van der Waals surface area (Å²) < 4.78 is 16.3. The van der Waals surface area contributed by atoms with Crippen LogP contribution in [0.3, 0.4) is 0 Å². The number of hydrogen-bond acceptors (Lipinski definition) is 4. The number of rotatable bonds is 6. The van der Waals surface area contributed by atoms with Gasteiger partial charge in [0.05, 0.1) is 32.5 Å². The molecule has 2 atom stereocenters. The molecule has 1 heterocycles. The van der Waals surface area contributed by atoms with Gasteiger partial charge >= 0.3 is 0 Å². The quantitative estimate of drug-likeness (QED) is 0.839. The first-order chi connectivity index (χ1) is 8.79. The second-order valence-corrected chi connectivity index (χ2v) is 4.56. The van der Waals surface area contributed by atoms with Crippen LogP contribution in [-0.2, 0) is 9.47 Å². The molecule has 0 saturated carbocycles. The lowest BCUT2D eigenvalue weighted by molar-refractivity contribution is 0.0129. The van der Waals surface area contributed by atoms with E-state index in [1.54, 1.807) is 7.11 Å². The van der Waals surface area contributed by atoms with Gasteiger partial charge in [-0.1, -0.05) is 12.1 Å². The van der Waals surface area contributed by atoms with Crippen molar-refractivity contribution >= 4 is 0 Å². The van der Waals surface area contributed by atoms with Crippen molar-refractivity contribution in [3.05, 3.63) is 29.8 Å². The van der Waals surface area contributed by atoms with E-state index in [1.807, 2.05) is 24.3 Å². The monoisotopic (exact) mass is 251 g/mol. The first-order valence-corrected chi connectivity index (χ1v) is 6.38. The number of ether oxygens (including phenoxy) is 3. The lowest BCUT2D eigenvalue weighted by Gasteiger charge is -2.15. The standard InChI is InChI=1S/C14H21NO3/c1-16-12-5-2-4-11(8-12)14(15)10-17-9-13-6-3-7-18-13/h2,4-5,8,13-14H,3,6-7,9-10,15H2,1H3. The molecular formula is C14H21NO3. The Morgan fingerprint density at radius 3 is 3.11 bits per heavy atom. The zero-order chi connectivity index (χ0) is 12.8. The molecule has 0 aliphatic carbocycles. The van der Waals surface area contributed by atoms with Crippen LogP contribution in [-0.4, -0.2) is 33.0 Å². The molecule has 0 bridgehead atoms. The van der Waals surface area contributed by atoms with Crippen molar-refractivity contribution in [1.29, 1.82) is 0 Å². The van der Waals surface area contributed by atoms with Crippen molar-refractivity contribution in [3.63, 3.8) is 0 Å². The smallest absolute Gasteiger partial charge is 0.119 e. The van der Waals surface area contributed by atoms with Gasteiger partial charge in [0.1, 0.15) is 5.75 Å². The Labute approximate surface area is 108 Å². The van der Waals surface area contributed by atoms with Gasteiger partial charge in [-0.15, -0.1) is 0 Å². The molecule has 0 radical (unpaired) electrons. The summed E-state index contributed by atoms with van der Waals surface area (Å²) >= 11 is 0. The Balaban J connectivity index is 1.77. The van der Waals surface area contributed by atoms with Gasteiger partial charge in [-0.3, -0.25) is 0 Å². The van der Waals surface area contributed by atoms with E-state index in [9.17, 15) is 0 Å². The maximum absolute atomic E-state index is 6.08. The summed E-state index contributed by atoms with van der Waals surface area (Å²) in [7, 11) is 1.65. The average molecular weight is 251 g/mol. The summed E-state index contributed by atoms with van der Waals surface area (Å²) in [5, 5.41) is 0. The van der Waals surface area contributed by atoms with Gasteiger partial charge in [0.15, 0.2) is 0 Å². The molecule has 4 heteroatoms. The van der Waals surface area contributed by atoms with Crippen molar-refractivity contribution in [2.45, 2.75) is 25.0 Å². The Kier molecular flexibility index (Phi) is 4.99. The Hall–Kier alpha value is -1.10. The molecule has 2 unspecified atom stereocenters. The Morgan fingerprint density at radius 1 is 1.50 bits per heavy atom. The number of benzene rings is 1. The molecule has 100 valence electrons. The van der Waals surface area contributed by atoms with Crippen LogP contribution in [0.15, 0.2) is 24.3 Å². The highest BCUT2D eigenvalue weighted by Gasteiger charge is 2.16. The van der Waals surface area contributed by atoms with Gasteiger partial charge in [-0.25, -0.2) is 0 Å². The van der Waals surface area contributed by atoms with E-state index < -0.39 is 0 Å². The van der Waals surface area contributed by atoms with Crippen molar-refractivity contribution in [2.75, 3.05) is 26.9 Å². The molecule has 1 aromatic rings. The van der Waals surface area contributed by atoms with Crippen LogP contribution in [0.5, 0.6) is 5.75 Å². The maximum atomic E-state index is 6.08. The molecule has 18 heavy (non-hydrogen) atoms. The maximum Gasteiger partial charge on any atom is 0.119 e. The van der Waals surface area contributed by atoms with Gasteiger partial charge in [0, 0.05) is 6.61 Å². The summed E-state index contributed by atoms with van der Waals surface area (Å²) in [4.78, 5) is 0. The largest absolute Gasteiger partial charge is 0.497 e. The molecule has 0 aromatic heterocycles. The zero-order valence-corrected chi connectivity index (χ0v) is 10.8. The van der Waals surface area contributed by atoms with E-state index in [2.05, 4.69) is 0 Å². The second kappa shape index (κ2) is 6.73. The molecule has 1 aliphatic heterocycles. The topological polar surface area (TPSA) is 53.7 Å². The van der Waals surface area contributed by atoms with Gasteiger partial charge in [0.2, 0.25) is 0 Å². The van der Waals surface area contributed by atoms with E-state index >= 15 is 0 Å². The van der Waals surface area contributed by atoms with Crippen LogP contribution in [0.4, 0.5) is 0 Å². The normalized spacial score (nSPS) is 20.9. The van der Waals surface area contributed by atoms with Gasteiger partial charge in [0.25, 0.3) is 0 Å². The SMILES string of the molecule is COc1cccc(C(N)COCC2CCCO2)c1. The van der Waals surface area contributed by atoms with Crippen LogP contribution >= 0.6 is 0 Å². The van der Waals surface area contributed by atoms with Gasteiger partial charge in [-0.2, -0.15) is 0 Å². The third kappa shape index (κ3) is 3.70. The molecule has 2 N–H and O–H groups in total. The number of hydrogen-bond donors (Lipinski definition) is 1. The van der Waals surface area contributed by atoms with Gasteiger partial charge in [-0.05, 0) is 30.5 Å². The Morgan fingerprint density at radius 2 is 2.39 bits per heavy atom. The van der Waals surface area contributed by atoms with Crippen LogP contribution in [0.25, 0.3) is 0 Å². The average Bonchev–Trinajstić information content (AvgIpc) is 2.92. The summed E-state index contributed by atoms with van der Waals surface area (Å²) in [6, 6.07) is 7.65. The third-order valence-corrected chi connectivity index (χ3v) is 3.15. The molecular weight excluding hydrogens is 230 g/mol. The molecule has 0 spiro atoms. The predicted octanol–water partition coefficient (Wildman–Crippen LogP) is 1.89. The predicted molar refractivity (Wildman–Crippen MR) is 69.7 cm³/mol. The molecule has 2 rings (SSSR count). The second-order valence-electron chi connectivity index (χ2n) is 4.56. The molecule has 1 aromatic carbocycles. The molecule has 1 saturated heterocycles. The van der Waals surface area contributed by atoms with Crippen molar-refractivity contribution in [2.24, 2.45) is 5.73 Å². The lowest BCUT2D eigenvalue weighted by Crippen LogP contribution is -2.21.